The van der Waals surface area contributed by atoms with Crippen molar-refractivity contribution in [2.45, 2.75) is 32.4 Å². The van der Waals surface area contributed by atoms with E-state index >= 15 is 0 Å². The van der Waals surface area contributed by atoms with Gasteiger partial charge >= 0.3 is 6.18 Å². The lowest BCUT2D eigenvalue weighted by Gasteiger charge is -2.13. The smallest absolute Gasteiger partial charge is 0.308 e. The number of halogens is 3. The lowest BCUT2D eigenvalue weighted by atomic mass is 10.0. The van der Waals surface area contributed by atoms with Gasteiger partial charge in [0.25, 0.3) is 0 Å². The first-order valence-corrected chi connectivity index (χ1v) is 6.29. The van der Waals surface area contributed by atoms with E-state index in [9.17, 15) is 13.2 Å². The summed E-state index contributed by atoms with van der Waals surface area (Å²) >= 11 is 0. The van der Waals surface area contributed by atoms with Gasteiger partial charge in [-0.15, -0.1) is 0 Å². The first-order chi connectivity index (χ1) is 8.47. The maximum Gasteiger partial charge on any atom is 0.401 e. The van der Waals surface area contributed by atoms with E-state index < -0.39 is 12.7 Å². The van der Waals surface area contributed by atoms with Crippen molar-refractivity contribution < 1.29 is 13.2 Å². The van der Waals surface area contributed by atoms with Crippen LogP contribution in [0.3, 0.4) is 0 Å². The van der Waals surface area contributed by atoms with E-state index in [1.807, 2.05) is 25.1 Å². The van der Waals surface area contributed by atoms with Gasteiger partial charge in [0.1, 0.15) is 0 Å². The van der Waals surface area contributed by atoms with E-state index in [0.717, 1.165) is 19.3 Å². The Balaban J connectivity index is 2.09. The first kappa shape index (κ1) is 15.0. The minimum Gasteiger partial charge on any atom is -0.308 e. The van der Waals surface area contributed by atoms with Crippen LogP contribution in [0.4, 0.5) is 13.2 Å². The Morgan fingerprint density at radius 2 is 1.83 bits per heavy atom. The van der Waals surface area contributed by atoms with Gasteiger partial charge in [-0.1, -0.05) is 37.3 Å². The molecule has 1 aromatic carbocycles. The largest absolute Gasteiger partial charge is 0.401 e. The number of rotatable bonds is 7. The molecule has 1 unspecified atom stereocenters. The molecule has 0 heterocycles. The fourth-order valence-electron chi connectivity index (χ4n) is 1.86. The van der Waals surface area contributed by atoms with Crippen LogP contribution in [0.15, 0.2) is 30.3 Å². The van der Waals surface area contributed by atoms with Gasteiger partial charge in [0.15, 0.2) is 0 Å². The van der Waals surface area contributed by atoms with E-state index in [2.05, 4.69) is 17.4 Å². The van der Waals surface area contributed by atoms with E-state index in [4.69, 9.17) is 0 Å². The number of hydrogen-bond acceptors (Lipinski definition) is 1. The predicted molar refractivity (Wildman–Crippen MR) is 67.5 cm³/mol. The van der Waals surface area contributed by atoms with Crippen LogP contribution in [-0.2, 0) is 6.42 Å². The van der Waals surface area contributed by atoms with Gasteiger partial charge in [-0.25, -0.2) is 0 Å². The van der Waals surface area contributed by atoms with Gasteiger partial charge < -0.3 is 5.32 Å². The number of alkyl halides is 3. The molecular formula is C14H20F3N. The van der Waals surface area contributed by atoms with Crippen molar-refractivity contribution in [1.82, 2.24) is 5.32 Å². The molecule has 0 aliphatic carbocycles. The van der Waals surface area contributed by atoms with Crippen LogP contribution in [0, 0.1) is 5.92 Å². The van der Waals surface area contributed by atoms with Gasteiger partial charge in [0.05, 0.1) is 6.54 Å². The molecule has 0 saturated carbocycles. The maximum absolute atomic E-state index is 11.9. The minimum absolute atomic E-state index is 0.274. The predicted octanol–water partition coefficient (Wildman–Crippen LogP) is 3.80. The molecule has 0 aliphatic heterocycles. The number of aryl methyl sites for hydroxylation is 1. The fourth-order valence-corrected chi connectivity index (χ4v) is 1.86. The summed E-state index contributed by atoms with van der Waals surface area (Å²) in [4.78, 5) is 0. The Morgan fingerprint density at radius 1 is 1.17 bits per heavy atom. The van der Waals surface area contributed by atoms with Crippen molar-refractivity contribution in [2.75, 3.05) is 13.1 Å². The van der Waals surface area contributed by atoms with E-state index in [0.29, 0.717) is 6.54 Å². The number of benzene rings is 1. The zero-order valence-corrected chi connectivity index (χ0v) is 10.6. The summed E-state index contributed by atoms with van der Waals surface area (Å²) in [6.07, 6.45) is -1.16. The van der Waals surface area contributed by atoms with Crippen LogP contribution in [0.5, 0.6) is 0 Å². The van der Waals surface area contributed by atoms with Crippen molar-refractivity contribution in [3.05, 3.63) is 35.9 Å². The number of hydrogen-bond donors (Lipinski definition) is 1. The highest BCUT2D eigenvalue weighted by atomic mass is 19.4. The summed E-state index contributed by atoms with van der Waals surface area (Å²) in [6, 6.07) is 10.1. The highest BCUT2D eigenvalue weighted by Gasteiger charge is 2.26. The molecule has 0 amide bonds. The second kappa shape index (κ2) is 7.41. The summed E-state index contributed by atoms with van der Waals surface area (Å²) in [5.41, 5.74) is 1.29. The Bertz CT molecular complexity index is 322. The van der Waals surface area contributed by atoms with Crippen LogP contribution < -0.4 is 5.32 Å². The third-order valence-electron chi connectivity index (χ3n) is 2.82. The molecule has 1 atom stereocenters. The van der Waals surface area contributed by atoms with Gasteiger partial charge in [-0.3, -0.25) is 0 Å². The molecule has 18 heavy (non-hydrogen) atoms. The molecule has 0 aliphatic rings. The lowest BCUT2D eigenvalue weighted by Crippen LogP contribution is -2.31. The van der Waals surface area contributed by atoms with Gasteiger partial charge in [-0.2, -0.15) is 13.2 Å². The molecular weight excluding hydrogens is 239 g/mol. The van der Waals surface area contributed by atoms with Gasteiger partial charge in [-0.05, 0) is 37.3 Å². The normalized spacial score (nSPS) is 13.6. The molecule has 1 N–H and O–H groups in total. The maximum atomic E-state index is 11.9. The van der Waals surface area contributed by atoms with Crippen LogP contribution in [0.25, 0.3) is 0 Å². The quantitative estimate of drug-likeness (QED) is 0.785. The zero-order chi connectivity index (χ0) is 13.4. The molecule has 1 nitrogen and oxygen atoms in total. The van der Waals surface area contributed by atoms with Crippen molar-refractivity contribution in [3.8, 4) is 0 Å². The topological polar surface area (TPSA) is 12.0 Å². The molecule has 4 heteroatoms. The Labute approximate surface area is 106 Å². The van der Waals surface area contributed by atoms with Gasteiger partial charge in [0.2, 0.25) is 0 Å². The summed E-state index contributed by atoms with van der Waals surface area (Å²) in [5, 5.41) is 2.45. The van der Waals surface area contributed by atoms with Crippen LogP contribution in [0.1, 0.15) is 25.3 Å². The van der Waals surface area contributed by atoms with Crippen LogP contribution in [0.2, 0.25) is 0 Å². The third kappa shape index (κ3) is 7.33. The van der Waals surface area contributed by atoms with E-state index in [1.54, 1.807) is 0 Å². The minimum atomic E-state index is -4.11. The van der Waals surface area contributed by atoms with E-state index in [-0.39, 0.29) is 5.92 Å². The highest BCUT2D eigenvalue weighted by Crippen LogP contribution is 2.13. The van der Waals surface area contributed by atoms with Crippen molar-refractivity contribution in [2.24, 2.45) is 5.92 Å². The van der Waals surface area contributed by atoms with Crippen molar-refractivity contribution in [1.29, 1.82) is 0 Å². The molecule has 1 rings (SSSR count). The number of nitrogens with one attached hydrogen (secondary N) is 1. The van der Waals surface area contributed by atoms with Crippen molar-refractivity contribution >= 4 is 0 Å². The fraction of sp³-hybridized carbons (Fsp3) is 0.571. The molecule has 0 radical (unpaired) electrons. The molecule has 0 saturated heterocycles. The third-order valence-corrected chi connectivity index (χ3v) is 2.82. The van der Waals surface area contributed by atoms with E-state index in [1.165, 1.54) is 5.56 Å². The molecule has 0 fully saturated rings. The molecule has 0 spiro atoms. The second-order valence-electron chi connectivity index (χ2n) is 4.73. The first-order valence-electron chi connectivity index (χ1n) is 6.29. The average molecular weight is 259 g/mol. The standard InChI is InChI=1S/C14H20F3N/c1-12(10-18-11-14(15,16)17)6-5-9-13-7-3-2-4-8-13/h2-4,7-8,12,18H,5-6,9-11H2,1H3. The Morgan fingerprint density at radius 3 is 2.44 bits per heavy atom. The molecule has 1 aromatic rings. The Hall–Kier alpha value is -1.03. The summed E-state index contributed by atoms with van der Waals surface area (Å²) in [5.74, 6) is 0.274. The monoisotopic (exact) mass is 259 g/mol. The average Bonchev–Trinajstić information content (AvgIpc) is 2.28. The second-order valence-corrected chi connectivity index (χ2v) is 4.73. The molecule has 102 valence electrons. The van der Waals surface area contributed by atoms with Crippen LogP contribution >= 0.6 is 0 Å². The SMILES string of the molecule is CC(CCCc1ccccc1)CNCC(F)(F)F. The summed E-state index contributed by atoms with van der Waals surface area (Å²) in [7, 11) is 0. The zero-order valence-electron chi connectivity index (χ0n) is 10.6. The summed E-state index contributed by atoms with van der Waals surface area (Å²) in [6.45, 7) is 1.51. The van der Waals surface area contributed by atoms with Crippen LogP contribution in [-0.4, -0.2) is 19.3 Å². The summed E-state index contributed by atoms with van der Waals surface area (Å²) < 4.78 is 35.8. The molecule has 0 aromatic heterocycles. The molecule has 0 bridgehead atoms. The Kier molecular flexibility index (Phi) is 6.19. The van der Waals surface area contributed by atoms with Gasteiger partial charge in [0, 0.05) is 0 Å². The van der Waals surface area contributed by atoms with Crippen molar-refractivity contribution in [3.63, 3.8) is 0 Å². The highest BCUT2D eigenvalue weighted by molar-refractivity contribution is 5.14. The lowest BCUT2D eigenvalue weighted by molar-refractivity contribution is -0.125.